The molecule has 4 rings (SSSR count). The summed E-state index contributed by atoms with van der Waals surface area (Å²) < 4.78 is 32.2. The Balaban J connectivity index is 1.71. The number of alkyl halides is 2. The fraction of sp³-hybridized carbons (Fsp3) is 0.500. The molecule has 1 saturated carbocycles. The van der Waals surface area contributed by atoms with Gasteiger partial charge in [0, 0.05) is 37.2 Å². The fourth-order valence-corrected chi connectivity index (χ4v) is 3.62. The number of aromatic nitrogens is 2. The molecule has 1 unspecified atom stereocenters. The van der Waals surface area contributed by atoms with E-state index in [1.807, 2.05) is 25.8 Å². The molecular formula is C16H17ClF2N4O. The monoisotopic (exact) mass is 354 g/mol. The summed E-state index contributed by atoms with van der Waals surface area (Å²) >= 11 is 6.41. The molecule has 2 aliphatic heterocycles. The van der Waals surface area contributed by atoms with Crippen LogP contribution in [0.4, 0.5) is 14.6 Å². The molecule has 0 aromatic carbocycles. The van der Waals surface area contributed by atoms with Crippen molar-refractivity contribution in [1.29, 1.82) is 0 Å². The number of hydrogen-bond acceptors (Lipinski definition) is 5. The lowest BCUT2D eigenvalue weighted by molar-refractivity contribution is -0.0794. The number of fused-ring (bicyclic) bond motifs is 3. The van der Waals surface area contributed by atoms with Crippen LogP contribution in [0.2, 0.25) is 0 Å². The minimum atomic E-state index is -2.59. The second-order valence-electron chi connectivity index (χ2n) is 6.52. The van der Waals surface area contributed by atoms with Crippen molar-refractivity contribution in [3.63, 3.8) is 0 Å². The quantitative estimate of drug-likeness (QED) is 0.879. The maximum absolute atomic E-state index is 13.1. The van der Waals surface area contributed by atoms with Crippen LogP contribution in [0.15, 0.2) is 22.6 Å². The van der Waals surface area contributed by atoms with Crippen molar-refractivity contribution in [2.75, 3.05) is 12.4 Å². The van der Waals surface area contributed by atoms with Gasteiger partial charge in [0.1, 0.15) is 12.0 Å². The SMILES string of the molecule is CC1=C2c3ncnc(NC4CC(F)(F)C4)c3OC2N(C)C(C)=C1Cl. The molecule has 24 heavy (non-hydrogen) atoms. The molecule has 128 valence electrons. The molecule has 3 heterocycles. The average Bonchev–Trinajstić information content (AvgIpc) is 2.90. The van der Waals surface area contributed by atoms with Crippen molar-refractivity contribution in [2.24, 2.45) is 0 Å². The molecule has 1 N–H and O–H groups in total. The van der Waals surface area contributed by atoms with Crippen LogP contribution >= 0.6 is 11.6 Å². The van der Waals surface area contributed by atoms with E-state index in [0.717, 1.165) is 16.8 Å². The van der Waals surface area contributed by atoms with Crippen LogP contribution in [0.25, 0.3) is 5.57 Å². The molecule has 1 atom stereocenters. The molecule has 0 saturated heterocycles. The van der Waals surface area contributed by atoms with Gasteiger partial charge < -0.3 is 15.0 Å². The van der Waals surface area contributed by atoms with E-state index in [0.29, 0.717) is 22.3 Å². The predicted molar refractivity (Wildman–Crippen MR) is 86.9 cm³/mol. The fourth-order valence-electron chi connectivity index (χ4n) is 3.38. The summed E-state index contributed by atoms with van der Waals surface area (Å²) in [6.07, 6.45) is 0.706. The van der Waals surface area contributed by atoms with Gasteiger partial charge in [-0.1, -0.05) is 11.6 Å². The first-order valence-electron chi connectivity index (χ1n) is 7.75. The summed E-state index contributed by atoms with van der Waals surface area (Å²) in [5.74, 6) is -1.63. The lowest BCUT2D eigenvalue weighted by Gasteiger charge is -2.35. The zero-order valence-electron chi connectivity index (χ0n) is 13.5. The van der Waals surface area contributed by atoms with E-state index in [2.05, 4.69) is 15.3 Å². The Morgan fingerprint density at radius 3 is 2.71 bits per heavy atom. The van der Waals surface area contributed by atoms with Crippen LogP contribution < -0.4 is 10.1 Å². The first-order valence-corrected chi connectivity index (χ1v) is 8.13. The van der Waals surface area contributed by atoms with Crippen molar-refractivity contribution < 1.29 is 13.5 Å². The van der Waals surface area contributed by atoms with E-state index in [1.54, 1.807) is 0 Å². The standard InChI is InChI=1S/C16H17ClF2N4O/c1-7-10-12-13(24-15(10)23(3)8(2)11(7)17)14(21-6-20-12)22-9-4-16(18,19)5-9/h6,9,15H,4-5H2,1-3H3,(H,20,21,22). The molecule has 0 bridgehead atoms. The van der Waals surface area contributed by atoms with Gasteiger partial charge in [-0.05, 0) is 19.4 Å². The van der Waals surface area contributed by atoms with Crippen LogP contribution in [-0.2, 0) is 0 Å². The topological polar surface area (TPSA) is 50.3 Å². The van der Waals surface area contributed by atoms with E-state index in [9.17, 15) is 8.78 Å². The molecule has 5 nitrogen and oxygen atoms in total. The number of ether oxygens (including phenoxy) is 1. The van der Waals surface area contributed by atoms with E-state index in [-0.39, 0.29) is 25.1 Å². The minimum absolute atomic E-state index is 0.191. The van der Waals surface area contributed by atoms with Gasteiger partial charge in [-0.3, -0.25) is 0 Å². The number of rotatable bonds is 2. The van der Waals surface area contributed by atoms with E-state index < -0.39 is 5.92 Å². The Hall–Kier alpha value is -1.89. The van der Waals surface area contributed by atoms with E-state index in [4.69, 9.17) is 16.3 Å². The summed E-state index contributed by atoms with van der Waals surface area (Å²) in [6.45, 7) is 3.86. The van der Waals surface area contributed by atoms with Crippen LogP contribution in [0.1, 0.15) is 32.4 Å². The number of halogens is 3. The van der Waals surface area contributed by atoms with Crippen molar-refractivity contribution in [3.05, 3.63) is 28.3 Å². The lowest BCUT2D eigenvalue weighted by Crippen LogP contribution is -2.44. The summed E-state index contributed by atoms with van der Waals surface area (Å²) in [6, 6.07) is -0.304. The van der Waals surface area contributed by atoms with Crippen LogP contribution in [0, 0.1) is 0 Å². The Morgan fingerprint density at radius 1 is 1.33 bits per heavy atom. The smallest absolute Gasteiger partial charge is 0.252 e. The summed E-state index contributed by atoms with van der Waals surface area (Å²) in [4.78, 5) is 10.5. The van der Waals surface area contributed by atoms with Gasteiger partial charge in [0.05, 0.1) is 5.03 Å². The number of nitrogens with zero attached hydrogens (tertiary/aromatic N) is 3. The van der Waals surface area contributed by atoms with Gasteiger partial charge in [-0.25, -0.2) is 18.7 Å². The van der Waals surface area contributed by atoms with Crippen LogP contribution in [0.5, 0.6) is 5.75 Å². The Morgan fingerprint density at radius 2 is 2.04 bits per heavy atom. The van der Waals surface area contributed by atoms with Crippen LogP contribution in [-0.4, -0.2) is 40.1 Å². The highest BCUT2D eigenvalue weighted by molar-refractivity contribution is 6.33. The third-order valence-electron chi connectivity index (χ3n) is 4.90. The predicted octanol–water partition coefficient (Wildman–Crippen LogP) is 3.59. The highest BCUT2D eigenvalue weighted by atomic mass is 35.5. The van der Waals surface area contributed by atoms with E-state index >= 15 is 0 Å². The zero-order chi connectivity index (χ0) is 17.2. The molecule has 1 fully saturated rings. The second-order valence-corrected chi connectivity index (χ2v) is 6.90. The van der Waals surface area contributed by atoms with Crippen molar-refractivity contribution in [3.8, 4) is 5.75 Å². The molecule has 0 spiro atoms. The van der Waals surface area contributed by atoms with Gasteiger partial charge in [-0.2, -0.15) is 0 Å². The zero-order valence-corrected chi connectivity index (χ0v) is 14.3. The number of likely N-dealkylation sites (N-methyl/N-ethyl adjacent to an activating group) is 1. The third kappa shape index (κ3) is 2.17. The third-order valence-corrected chi connectivity index (χ3v) is 5.45. The maximum atomic E-state index is 13.1. The van der Waals surface area contributed by atoms with Crippen molar-refractivity contribution >= 4 is 23.0 Å². The van der Waals surface area contributed by atoms with E-state index in [1.165, 1.54) is 6.33 Å². The number of nitrogens with one attached hydrogen (secondary N) is 1. The molecular weight excluding hydrogens is 338 g/mol. The summed E-state index contributed by atoms with van der Waals surface area (Å²) in [7, 11) is 1.90. The largest absolute Gasteiger partial charge is 0.460 e. The van der Waals surface area contributed by atoms with Crippen molar-refractivity contribution in [1.82, 2.24) is 14.9 Å². The average molecular weight is 355 g/mol. The second kappa shape index (κ2) is 5.05. The number of allylic oxidation sites excluding steroid dienone is 3. The molecule has 1 aromatic rings. The summed E-state index contributed by atoms with van der Waals surface area (Å²) in [5, 5.41) is 3.73. The Kier molecular flexibility index (Phi) is 3.29. The first kappa shape index (κ1) is 15.6. The molecule has 0 amide bonds. The van der Waals surface area contributed by atoms with Crippen molar-refractivity contribution in [2.45, 2.75) is 44.9 Å². The molecule has 1 aliphatic carbocycles. The molecule has 1 aromatic heterocycles. The number of anilines is 1. The lowest BCUT2D eigenvalue weighted by atomic mass is 9.88. The first-order chi connectivity index (χ1) is 11.3. The normalized spacial score (nSPS) is 25.2. The van der Waals surface area contributed by atoms with Gasteiger partial charge in [-0.15, -0.1) is 0 Å². The molecule has 0 radical (unpaired) electrons. The van der Waals surface area contributed by atoms with Gasteiger partial charge in [0.25, 0.3) is 5.92 Å². The van der Waals surface area contributed by atoms with Gasteiger partial charge >= 0.3 is 0 Å². The maximum Gasteiger partial charge on any atom is 0.252 e. The summed E-state index contributed by atoms with van der Waals surface area (Å²) in [5.41, 5.74) is 3.39. The minimum Gasteiger partial charge on any atom is -0.460 e. The highest BCUT2D eigenvalue weighted by Crippen LogP contribution is 2.48. The van der Waals surface area contributed by atoms with Crippen LogP contribution in [0.3, 0.4) is 0 Å². The Labute approximate surface area is 143 Å². The van der Waals surface area contributed by atoms with Gasteiger partial charge in [0.2, 0.25) is 6.23 Å². The molecule has 8 heteroatoms. The molecule has 3 aliphatic rings. The highest BCUT2D eigenvalue weighted by Gasteiger charge is 2.47. The van der Waals surface area contributed by atoms with Gasteiger partial charge in [0.15, 0.2) is 11.6 Å². The number of hydrogen-bond donors (Lipinski definition) is 1. The Bertz CT molecular complexity index is 784.